The average Bonchev–Trinajstić information content (AvgIpc) is 2.37. The van der Waals surface area contributed by atoms with Crippen molar-refractivity contribution >= 4 is 16.3 Å². The van der Waals surface area contributed by atoms with Gasteiger partial charge in [0, 0.05) is 6.54 Å². The lowest BCUT2D eigenvalue weighted by molar-refractivity contribution is 0.876. The lowest BCUT2D eigenvalue weighted by atomic mass is 10.4. The van der Waals surface area contributed by atoms with Gasteiger partial charge in [0.15, 0.2) is 0 Å². The zero-order chi connectivity index (χ0) is 8.10. The van der Waals surface area contributed by atoms with Crippen molar-refractivity contribution in [3.05, 3.63) is 17.0 Å². The second kappa shape index (κ2) is 4.36. The van der Waals surface area contributed by atoms with Gasteiger partial charge in [0.25, 0.3) is 0 Å². The standard InChI is InChI=1S/C8H14N2S/c1-7-5-8(11-6-7)10-4-2-3-9/h5-6,10H,2-4,9H2,1H3. The Morgan fingerprint density at radius 3 is 3.00 bits per heavy atom. The highest BCUT2D eigenvalue weighted by molar-refractivity contribution is 7.14. The molecule has 0 atom stereocenters. The van der Waals surface area contributed by atoms with Gasteiger partial charge in [0.05, 0.1) is 5.00 Å². The van der Waals surface area contributed by atoms with Crippen molar-refractivity contribution < 1.29 is 0 Å². The maximum Gasteiger partial charge on any atom is 0.0885 e. The summed E-state index contributed by atoms with van der Waals surface area (Å²) in [4.78, 5) is 0. The van der Waals surface area contributed by atoms with Crippen molar-refractivity contribution in [3.63, 3.8) is 0 Å². The van der Waals surface area contributed by atoms with Gasteiger partial charge in [-0.05, 0) is 36.9 Å². The number of thiophene rings is 1. The molecule has 0 unspecified atom stereocenters. The minimum absolute atomic E-state index is 0.761. The highest BCUT2D eigenvalue weighted by Gasteiger charge is 1.93. The fourth-order valence-corrected chi connectivity index (χ4v) is 1.66. The monoisotopic (exact) mass is 170 g/mol. The molecular formula is C8H14N2S. The molecular weight excluding hydrogens is 156 g/mol. The Bertz CT molecular complexity index is 208. The van der Waals surface area contributed by atoms with E-state index in [1.807, 2.05) is 0 Å². The van der Waals surface area contributed by atoms with Crippen LogP contribution in [0.15, 0.2) is 11.4 Å². The molecule has 0 radical (unpaired) electrons. The number of aryl methyl sites for hydroxylation is 1. The molecule has 0 aliphatic carbocycles. The van der Waals surface area contributed by atoms with E-state index in [0.29, 0.717) is 0 Å². The Morgan fingerprint density at radius 1 is 1.64 bits per heavy atom. The van der Waals surface area contributed by atoms with E-state index >= 15 is 0 Å². The third-order valence-corrected chi connectivity index (χ3v) is 2.42. The van der Waals surface area contributed by atoms with Crippen LogP contribution in [0.1, 0.15) is 12.0 Å². The van der Waals surface area contributed by atoms with E-state index in [1.54, 1.807) is 11.3 Å². The van der Waals surface area contributed by atoms with Crippen LogP contribution in [0.25, 0.3) is 0 Å². The first-order valence-corrected chi connectivity index (χ1v) is 4.70. The number of nitrogens with two attached hydrogens (primary N) is 1. The highest BCUT2D eigenvalue weighted by atomic mass is 32.1. The lowest BCUT2D eigenvalue weighted by Gasteiger charge is -1.99. The van der Waals surface area contributed by atoms with Gasteiger partial charge in [-0.15, -0.1) is 11.3 Å². The summed E-state index contributed by atoms with van der Waals surface area (Å²) in [6.07, 6.45) is 1.04. The molecule has 62 valence electrons. The SMILES string of the molecule is Cc1csc(NCCCN)c1. The fraction of sp³-hybridized carbons (Fsp3) is 0.500. The summed E-state index contributed by atoms with van der Waals surface area (Å²) < 4.78 is 0. The molecule has 3 N–H and O–H groups in total. The van der Waals surface area contributed by atoms with Gasteiger partial charge in [-0.3, -0.25) is 0 Å². The van der Waals surface area contributed by atoms with E-state index in [9.17, 15) is 0 Å². The van der Waals surface area contributed by atoms with Crippen molar-refractivity contribution in [2.45, 2.75) is 13.3 Å². The van der Waals surface area contributed by atoms with Crippen LogP contribution in [-0.4, -0.2) is 13.1 Å². The van der Waals surface area contributed by atoms with Crippen molar-refractivity contribution in [1.82, 2.24) is 0 Å². The van der Waals surface area contributed by atoms with Gasteiger partial charge in [-0.25, -0.2) is 0 Å². The van der Waals surface area contributed by atoms with Crippen LogP contribution in [0.2, 0.25) is 0 Å². The molecule has 1 heterocycles. The van der Waals surface area contributed by atoms with Crippen LogP contribution in [0.4, 0.5) is 5.00 Å². The minimum atomic E-state index is 0.761. The number of hydrogen-bond donors (Lipinski definition) is 2. The second-order valence-corrected chi connectivity index (χ2v) is 3.47. The maximum atomic E-state index is 5.36. The van der Waals surface area contributed by atoms with Gasteiger partial charge in [-0.1, -0.05) is 0 Å². The van der Waals surface area contributed by atoms with E-state index in [2.05, 4.69) is 23.7 Å². The molecule has 0 aromatic carbocycles. The topological polar surface area (TPSA) is 38.0 Å². The van der Waals surface area contributed by atoms with Crippen LogP contribution in [0.5, 0.6) is 0 Å². The minimum Gasteiger partial charge on any atom is -0.377 e. The van der Waals surface area contributed by atoms with E-state index < -0.39 is 0 Å². The first-order valence-electron chi connectivity index (χ1n) is 3.82. The predicted octanol–water partition coefficient (Wildman–Crippen LogP) is 1.82. The summed E-state index contributed by atoms with van der Waals surface area (Å²) in [6, 6.07) is 2.15. The van der Waals surface area contributed by atoms with Gasteiger partial charge in [-0.2, -0.15) is 0 Å². The predicted molar refractivity (Wildman–Crippen MR) is 51.2 cm³/mol. The summed E-state index contributed by atoms with van der Waals surface area (Å²) in [5.41, 5.74) is 6.69. The zero-order valence-electron chi connectivity index (χ0n) is 6.76. The van der Waals surface area contributed by atoms with Crippen LogP contribution < -0.4 is 11.1 Å². The Labute approximate surface area is 71.4 Å². The van der Waals surface area contributed by atoms with Crippen molar-refractivity contribution in [2.24, 2.45) is 5.73 Å². The Hall–Kier alpha value is -0.540. The van der Waals surface area contributed by atoms with Crippen molar-refractivity contribution in [3.8, 4) is 0 Å². The number of hydrogen-bond acceptors (Lipinski definition) is 3. The van der Waals surface area contributed by atoms with Crippen LogP contribution in [-0.2, 0) is 0 Å². The number of anilines is 1. The Morgan fingerprint density at radius 2 is 2.45 bits per heavy atom. The first-order chi connectivity index (χ1) is 5.33. The fourth-order valence-electron chi connectivity index (χ4n) is 0.838. The summed E-state index contributed by atoms with van der Waals surface area (Å²) in [7, 11) is 0. The molecule has 0 aliphatic heterocycles. The average molecular weight is 170 g/mol. The Balaban J connectivity index is 2.27. The smallest absolute Gasteiger partial charge is 0.0885 e. The summed E-state index contributed by atoms with van der Waals surface area (Å²) >= 11 is 1.75. The maximum absolute atomic E-state index is 5.36. The summed E-state index contributed by atoms with van der Waals surface area (Å²) in [5, 5.41) is 6.69. The molecule has 11 heavy (non-hydrogen) atoms. The number of rotatable bonds is 4. The van der Waals surface area contributed by atoms with E-state index in [0.717, 1.165) is 19.5 Å². The molecule has 0 aliphatic rings. The van der Waals surface area contributed by atoms with Gasteiger partial charge >= 0.3 is 0 Å². The quantitative estimate of drug-likeness (QED) is 0.676. The third-order valence-electron chi connectivity index (χ3n) is 1.41. The van der Waals surface area contributed by atoms with Gasteiger partial charge in [0.1, 0.15) is 0 Å². The normalized spacial score (nSPS) is 10.0. The van der Waals surface area contributed by atoms with Crippen molar-refractivity contribution in [1.29, 1.82) is 0 Å². The van der Waals surface area contributed by atoms with E-state index in [1.165, 1.54) is 10.6 Å². The molecule has 1 aromatic rings. The van der Waals surface area contributed by atoms with Crippen LogP contribution in [0, 0.1) is 6.92 Å². The van der Waals surface area contributed by atoms with Crippen LogP contribution >= 0.6 is 11.3 Å². The molecule has 0 fully saturated rings. The molecule has 1 aromatic heterocycles. The summed E-state index contributed by atoms with van der Waals surface area (Å²) in [6.45, 7) is 3.85. The lowest BCUT2D eigenvalue weighted by Crippen LogP contribution is -2.07. The van der Waals surface area contributed by atoms with Crippen LogP contribution in [0.3, 0.4) is 0 Å². The largest absolute Gasteiger partial charge is 0.377 e. The molecule has 0 spiro atoms. The zero-order valence-corrected chi connectivity index (χ0v) is 7.58. The Kier molecular flexibility index (Phi) is 3.39. The third kappa shape index (κ3) is 2.91. The molecule has 0 saturated heterocycles. The van der Waals surface area contributed by atoms with Crippen molar-refractivity contribution in [2.75, 3.05) is 18.4 Å². The molecule has 3 heteroatoms. The number of nitrogens with one attached hydrogen (secondary N) is 1. The van der Waals surface area contributed by atoms with E-state index in [-0.39, 0.29) is 0 Å². The molecule has 0 saturated carbocycles. The van der Waals surface area contributed by atoms with Gasteiger partial charge in [0.2, 0.25) is 0 Å². The molecule has 0 bridgehead atoms. The summed E-state index contributed by atoms with van der Waals surface area (Å²) in [5.74, 6) is 0. The highest BCUT2D eigenvalue weighted by Crippen LogP contribution is 2.18. The molecule has 1 rings (SSSR count). The van der Waals surface area contributed by atoms with E-state index in [4.69, 9.17) is 5.73 Å². The molecule has 2 nitrogen and oxygen atoms in total. The molecule has 0 amide bonds. The first kappa shape index (κ1) is 8.56. The van der Waals surface area contributed by atoms with Gasteiger partial charge < -0.3 is 11.1 Å². The second-order valence-electron chi connectivity index (χ2n) is 2.56.